The van der Waals surface area contributed by atoms with Crippen LogP contribution in [0.5, 0.6) is 0 Å². The van der Waals surface area contributed by atoms with Gasteiger partial charge in [0.2, 0.25) is 5.91 Å². The van der Waals surface area contributed by atoms with Crippen LogP contribution >= 0.6 is 0 Å². The van der Waals surface area contributed by atoms with Gasteiger partial charge in [0.05, 0.1) is 0 Å². The molecular formula is C13H19NO. The lowest BCUT2D eigenvalue weighted by Gasteiger charge is -2.14. The lowest BCUT2D eigenvalue weighted by atomic mass is 10.0. The van der Waals surface area contributed by atoms with Crippen LogP contribution in [0.1, 0.15) is 27.7 Å². The summed E-state index contributed by atoms with van der Waals surface area (Å²) in [6, 6.07) is 9.59. The zero-order valence-electron chi connectivity index (χ0n) is 10.5. The van der Waals surface area contributed by atoms with Crippen molar-refractivity contribution in [2.24, 2.45) is 5.92 Å². The Hall–Kier alpha value is -1.31. The van der Waals surface area contributed by atoms with Crippen molar-refractivity contribution in [1.29, 1.82) is 0 Å². The first kappa shape index (κ1) is 10.2. The zero-order valence-corrected chi connectivity index (χ0v) is 9.53. The normalized spacial score (nSPS) is 15.6. The van der Waals surface area contributed by atoms with E-state index in [1.54, 1.807) is 6.92 Å². The number of benzene rings is 1. The molecule has 2 unspecified atom stereocenters. The van der Waals surface area contributed by atoms with Crippen LogP contribution in [0.4, 0.5) is 0 Å². The molecule has 0 saturated heterocycles. The van der Waals surface area contributed by atoms with Crippen LogP contribution in [0.25, 0.3) is 0 Å². The highest BCUT2D eigenvalue weighted by Crippen LogP contribution is 2.08. The van der Waals surface area contributed by atoms with E-state index < -0.39 is 6.40 Å². The fraction of sp³-hybridized carbons (Fsp3) is 0.462. The first-order valence-corrected chi connectivity index (χ1v) is 5.30. The van der Waals surface area contributed by atoms with Gasteiger partial charge in [0, 0.05) is 13.3 Å². The van der Waals surface area contributed by atoms with Crippen molar-refractivity contribution in [1.82, 2.24) is 5.32 Å². The maximum absolute atomic E-state index is 11.7. The van der Waals surface area contributed by atoms with Gasteiger partial charge < -0.3 is 5.32 Å². The van der Waals surface area contributed by atoms with Gasteiger partial charge in [0.1, 0.15) is 0 Å². The summed E-state index contributed by atoms with van der Waals surface area (Å²) in [4.78, 5) is 11.7. The third-order valence-corrected chi connectivity index (χ3v) is 2.09. The molecule has 1 N–H and O–H groups in total. The molecule has 0 aliphatic carbocycles. The molecule has 1 aromatic rings. The monoisotopic (exact) mass is 206 g/mol. The average Bonchev–Trinajstić information content (AvgIpc) is 2.27. The van der Waals surface area contributed by atoms with Crippen LogP contribution in [-0.2, 0) is 11.2 Å². The Balaban J connectivity index is 2.67. The maximum Gasteiger partial charge on any atom is 0.223 e. The summed E-state index contributed by atoms with van der Waals surface area (Å²) in [5.74, 6) is -0.386. The van der Waals surface area contributed by atoms with Gasteiger partial charge in [0.15, 0.2) is 0 Å². The van der Waals surface area contributed by atoms with Crippen LogP contribution in [0.2, 0.25) is 0 Å². The van der Waals surface area contributed by atoms with E-state index in [4.69, 9.17) is 1.37 Å². The number of amides is 1. The molecule has 82 valence electrons. The SMILES string of the molecule is [2H]C(c1ccccc1)C(C)C(=O)NC(C)C. The quantitative estimate of drug-likeness (QED) is 0.805. The molecule has 15 heavy (non-hydrogen) atoms. The summed E-state index contributed by atoms with van der Waals surface area (Å²) >= 11 is 0. The Morgan fingerprint density at radius 2 is 1.93 bits per heavy atom. The first-order valence-electron chi connectivity index (χ1n) is 5.87. The minimum atomic E-state index is -0.500. The van der Waals surface area contributed by atoms with E-state index in [2.05, 4.69) is 5.32 Å². The standard InChI is InChI=1S/C13H19NO/c1-10(2)14-13(15)11(3)9-12-7-5-4-6-8-12/h4-8,10-11H,9H2,1-3H3,(H,14,15)/i9D. The van der Waals surface area contributed by atoms with E-state index in [9.17, 15) is 4.79 Å². The highest BCUT2D eigenvalue weighted by Gasteiger charge is 2.13. The van der Waals surface area contributed by atoms with Crippen LogP contribution in [0, 0.1) is 5.92 Å². The molecule has 0 radical (unpaired) electrons. The second kappa shape index (κ2) is 5.54. The summed E-state index contributed by atoms with van der Waals surface area (Å²) in [5.41, 5.74) is 0.883. The highest BCUT2D eigenvalue weighted by atomic mass is 16.1. The smallest absolute Gasteiger partial charge is 0.223 e. The molecule has 1 rings (SSSR count). The van der Waals surface area contributed by atoms with Crippen molar-refractivity contribution < 1.29 is 6.17 Å². The fourth-order valence-electron chi connectivity index (χ4n) is 1.34. The third-order valence-electron chi connectivity index (χ3n) is 2.09. The van der Waals surface area contributed by atoms with Crippen molar-refractivity contribution in [3.8, 4) is 0 Å². The van der Waals surface area contributed by atoms with Gasteiger partial charge in [-0.2, -0.15) is 0 Å². The average molecular weight is 206 g/mol. The van der Waals surface area contributed by atoms with Crippen LogP contribution in [-0.4, -0.2) is 11.9 Å². The minimum absolute atomic E-state index is 0.0566. The molecule has 0 saturated carbocycles. The lowest BCUT2D eigenvalue weighted by Crippen LogP contribution is -2.35. The van der Waals surface area contributed by atoms with Gasteiger partial charge in [-0.05, 0) is 25.8 Å². The number of carbonyl (C=O) groups is 1. The summed E-state index contributed by atoms with van der Waals surface area (Å²) in [6.45, 7) is 5.64. The zero-order chi connectivity index (χ0) is 12.1. The van der Waals surface area contributed by atoms with E-state index in [0.29, 0.717) is 0 Å². The van der Waals surface area contributed by atoms with Gasteiger partial charge in [0.25, 0.3) is 0 Å². The molecule has 0 heterocycles. The van der Waals surface area contributed by atoms with Crippen molar-refractivity contribution >= 4 is 5.91 Å². The number of rotatable bonds is 4. The summed E-state index contributed by atoms with van der Waals surface area (Å²) in [6.07, 6.45) is -0.500. The van der Waals surface area contributed by atoms with Crippen molar-refractivity contribution in [2.45, 2.75) is 33.2 Å². The van der Waals surface area contributed by atoms with Gasteiger partial charge in [-0.25, -0.2) is 0 Å². The molecule has 2 atom stereocenters. The summed E-state index contributed by atoms with van der Waals surface area (Å²) < 4.78 is 8.03. The van der Waals surface area contributed by atoms with Gasteiger partial charge in [-0.15, -0.1) is 0 Å². The number of hydrogen-bond donors (Lipinski definition) is 1. The molecule has 0 spiro atoms. The van der Waals surface area contributed by atoms with E-state index in [0.717, 1.165) is 5.56 Å². The van der Waals surface area contributed by atoms with Crippen molar-refractivity contribution in [3.63, 3.8) is 0 Å². The third kappa shape index (κ3) is 4.15. The second-order valence-electron chi connectivity index (χ2n) is 4.03. The van der Waals surface area contributed by atoms with Crippen LogP contribution in [0.15, 0.2) is 30.3 Å². The predicted molar refractivity (Wildman–Crippen MR) is 62.6 cm³/mol. The van der Waals surface area contributed by atoms with Crippen LogP contribution in [0.3, 0.4) is 0 Å². The highest BCUT2D eigenvalue weighted by molar-refractivity contribution is 5.78. The number of nitrogens with one attached hydrogen (secondary N) is 1. The Kier molecular flexibility index (Phi) is 3.77. The predicted octanol–water partition coefficient (Wildman–Crippen LogP) is 2.39. The molecular weight excluding hydrogens is 186 g/mol. The molecule has 0 bridgehead atoms. The second-order valence-corrected chi connectivity index (χ2v) is 4.03. The van der Waals surface area contributed by atoms with Gasteiger partial charge in [-0.1, -0.05) is 37.3 Å². The summed E-state index contributed by atoms with van der Waals surface area (Å²) in [7, 11) is 0. The molecule has 0 fully saturated rings. The Morgan fingerprint density at radius 3 is 2.47 bits per heavy atom. The van der Waals surface area contributed by atoms with Crippen molar-refractivity contribution in [2.75, 3.05) is 0 Å². The first-order chi connectivity index (χ1) is 7.52. The van der Waals surface area contributed by atoms with Gasteiger partial charge in [-0.3, -0.25) is 4.79 Å². The molecule has 2 heteroatoms. The molecule has 0 aliphatic heterocycles. The van der Waals surface area contributed by atoms with E-state index in [1.807, 2.05) is 44.2 Å². The fourth-order valence-corrected chi connectivity index (χ4v) is 1.34. The van der Waals surface area contributed by atoms with E-state index in [-0.39, 0.29) is 17.9 Å². The van der Waals surface area contributed by atoms with Crippen molar-refractivity contribution in [3.05, 3.63) is 35.9 Å². The number of carbonyl (C=O) groups excluding carboxylic acids is 1. The Labute approximate surface area is 93.1 Å². The molecule has 0 aliphatic rings. The van der Waals surface area contributed by atoms with E-state index in [1.165, 1.54) is 0 Å². The topological polar surface area (TPSA) is 29.1 Å². The molecule has 0 aromatic heterocycles. The lowest BCUT2D eigenvalue weighted by molar-refractivity contribution is -0.124. The largest absolute Gasteiger partial charge is 0.354 e. The van der Waals surface area contributed by atoms with E-state index >= 15 is 0 Å². The summed E-state index contributed by atoms with van der Waals surface area (Å²) in [5, 5.41) is 2.83. The Bertz CT molecular complexity index is 337. The molecule has 1 amide bonds. The molecule has 1 aromatic carbocycles. The maximum atomic E-state index is 11.7. The van der Waals surface area contributed by atoms with Gasteiger partial charge >= 0.3 is 0 Å². The number of hydrogen-bond acceptors (Lipinski definition) is 1. The Morgan fingerprint density at radius 1 is 1.33 bits per heavy atom. The minimum Gasteiger partial charge on any atom is -0.354 e. The van der Waals surface area contributed by atoms with Crippen LogP contribution < -0.4 is 5.32 Å². The molecule has 2 nitrogen and oxygen atoms in total.